The average Bonchev–Trinajstić information content (AvgIpc) is 3.49. The first-order valence-corrected chi connectivity index (χ1v) is 12.5. The number of anilines is 1. The van der Waals surface area contributed by atoms with Crippen molar-refractivity contribution in [2.45, 2.75) is 70.5 Å². The van der Waals surface area contributed by atoms with Gasteiger partial charge in [-0.05, 0) is 44.4 Å². The summed E-state index contributed by atoms with van der Waals surface area (Å²) in [4.78, 5) is 41.6. The van der Waals surface area contributed by atoms with Gasteiger partial charge in [-0.1, -0.05) is 37.8 Å². The standard InChI is InChI=1S/C25H32ClN5O4/c1-4-5-12-30-23(33)20-14-19(22(32)28-18-13-16(26)10-11-21(18)35-3)29-31(20)15-25(30,2)24(34)27-17-8-6-7-9-17/h10-11,13-14,17H,4-9,12,15H2,1-3H3,(H,27,34)(H,28,32). The third-order valence-corrected chi connectivity index (χ3v) is 7.09. The summed E-state index contributed by atoms with van der Waals surface area (Å²) in [6.45, 7) is 4.45. The fourth-order valence-electron chi connectivity index (χ4n) is 4.79. The van der Waals surface area contributed by atoms with Crippen LogP contribution in [0, 0.1) is 0 Å². The van der Waals surface area contributed by atoms with Gasteiger partial charge in [-0.15, -0.1) is 0 Å². The molecule has 1 aromatic heterocycles. The largest absolute Gasteiger partial charge is 0.495 e. The zero-order valence-corrected chi connectivity index (χ0v) is 21.2. The highest BCUT2D eigenvalue weighted by atomic mass is 35.5. The van der Waals surface area contributed by atoms with E-state index in [0.717, 1.165) is 38.5 Å². The molecule has 1 fully saturated rings. The van der Waals surface area contributed by atoms with E-state index in [4.69, 9.17) is 16.3 Å². The summed E-state index contributed by atoms with van der Waals surface area (Å²) in [6.07, 6.45) is 5.76. The topological polar surface area (TPSA) is 106 Å². The first-order valence-electron chi connectivity index (χ1n) is 12.1. The molecule has 1 saturated carbocycles. The summed E-state index contributed by atoms with van der Waals surface area (Å²) < 4.78 is 6.77. The highest BCUT2D eigenvalue weighted by Gasteiger charge is 2.48. The summed E-state index contributed by atoms with van der Waals surface area (Å²) in [5, 5.41) is 10.7. The molecular weight excluding hydrogens is 470 g/mol. The van der Waals surface area contributed by atoms with Gasteiger partial charge in [0.05, 0.1) is 19.3 Å². The molecule has 0 radical (unpaired) electrons. The van der Waals surface area contributed by atoms with Crippen LogP contribution >= 0.6 is 11.6 Å². The van der Waals surface area contributed by atoms with Crippen molar-refractivity contribution in [3.05, 3.63) is 40.7 Å². The van der Waals surface area contributed by atoms with E-state index in [1.165, 1.54) is 17.9 Å². The average molecular weight is 502 g/mol. The van der Waals surface area contributed by atoms with E-state index < -0.39 is 11.4 Å². The van der Waals surface area contributed by atoms with Gasteiger partial charge in [-0.2, -0.15) is 5.10 Å². The Morgan fingerprint density at radius 3 is 2.69 bits per heavy atom. The van der Waals surface area contributed by atoms with E-state index in [1.807, 2.05) is 6.92 Å². The second-order valence-electron chi connectivity index (χ2n) is 9.41. The Morgan fingerprint density at radius 1 is 1.26 bits per heavy atom. The van der Waals surface area contributed by atoms with Crippen LogP contribution in [0.3, 0.4) is 0 Å². The first-order chi connectivity index (χ1) is 16.8. The molecule has 2 N–H and O–H groups in total. The maximum Gasteiger partial charge on any atom is 0.276 e. The van der Waals surface area contributed by atoms with E-state index in [0.29, 0.717) is 23.0 Å². The molecule has 4 rings (SSSR count). The highest BCUT2D eigenvalue weighted by molar-refractivity contribution is 6.31. The number of hydrogen-bond donors (Lipinski definition) is 2. The predicted octanol–water partition coefficient (Wildman–Crippen LogP) is 3.87. The van der Waals surface area contributed by atoms with Crippen molar-refractivity contribution >= 4 is 35.0 Å². The van der Waals surface area contributed by atoms with Gasteiger partial charge in [0.15, 0.2) is 5.69 Å². The number of ether oxygens (including phenoxy) is 1. The third kappa shape index (κ3) is 5.00. The van der Waals surface area contributed by atoms with Gasteiger partial charge < -0.3 is 20.3 Å². The molecule has 0 saturated heterocycles. The van der Waals surface area contributed by atoms with Gasteiger partial charge in [0, 0.05) is 23.7 Å². The Labute approximate surface area is 210 Å². The van der Waals surface area contributed by atoms with Gasteiger partial charge in [-0.25, -0.2) is 0 Å². The number of rotatable bonds is 8. The highest BCUT2D eigenvalue weighted by Crippen LogP contribution is 2.31. The lowest BCUT2D eigenvalue weighted by molar-refractivity contribution is -0.133. The number of hydrogen-bond acceptors (Lipinski definition) is 5. The number of nitrogens with zero attached hydrogens (tertiary/aromatic N) is 3. The fourth-order valence-corrected chi connectivity index (χ4v) is 4.97. The van der Waals surface area contributed by atoms with Crippen LogP contribution in [0.4, 0.5) is 5.69 Å². The molecule has 3 amide bonds. The lowest BCUT2D eigenvalue weighted by atomic mass is 9.94. The molecule has 1 aliphatic heterocycles. The van der Waals surface area contributed by atoms with Crippen molar-refractivity contribution in [3.8, 4) is 5.75 Å². The normalized spacial score (nSPS) is 20.0. The minimum absolute atomic E-state index is 0.0753. The van der Waals surface area contributed by atoms with Crippen LogP contribution in [0.25, 0.3) is 0 Å². The number of amides is 3. The summed E-state index contributed by atoms with van der Waals surface area (Å²) >= 11 is 6.07. The molecule has 10 heteroatoms. The molecule has 1 aromatic carbocycles. The number of aromatic nitrogens is 2. The number of methoxy groups -OCH3 is 1. The van der Waals surface area contributed by atoms with Gasteiger partial charge in [0.1, 0.15) is 17.0 Å². The molecule has 188 valence electrons. The Hall–Kier alpha value is -3.07. The maximum absolute atomic E-state index is 13.5. The first kappa shape index (κ1) is 25.0. The molecule has 2 heterocycles. The predicted molar refractivity (Wildman–Crippen MR) is 133 cm³/mol. The number of carbonyl (C=O) groups excluding carboxylic acids is 3. The lowest BCUT2D eigenvalue weighted by Gasteiger charge is -2.43. The third-order valence-electron chi connectivity index (χ3n) is 6.85. The summed E-state index contributed by atoms with van der Waals surface area (Å²) in [7, 11) is 1.50. The molecule has 2 aromatic rings. The van der Waals surface area contributed by atoms with Crippen LogP contribution < -0.4 is 15.4 Å². The van der Waals surface area contributed by atoms with E-state index in [-0.39, 0.29) is 35.8 Å². The van der Waals surface area contributed by atoms with E-state index in [9.17, 15) is 14.4 Å². The van der Waals surface area contributed by atoms with Gasteiger partial charge in [0.2, 0.25) is 5.91 Å². The zero-order chi connectivity index (χ0) is 25.2. The molecule has 2 aliphatic rings. The molecule has 35 heavy (non-hydrogen) atoms. The number of halogens is 1. The molecular formula is C25H32ClN5O4. The van der Waals surface area contributed by atoms with Crippen molar-refractivity contribution in [1.82, 2.24) is 20.0 Å². The van der Waals surface area contributed by atoms with Crippen molar-refractivity contribution in [2.24, 2.45) is 0 Å². The Balaban J connectivity index is 1.61. The van der Waals surface area contributed by atoms with Crippen LogP contribution in [-0.4, -0.2) is 57.6 Å². The number of nitrogens with one attached hydrogen (secondary N) is 2. The van der Waals surface area contributed by atoms with Crippen LogP contribution in [0.1, 0.15) is 73.3 Å². The van der Waals surface area contributed by atoms with Crippen LogP contribution in [0.15, 0.2) is 24.3 Å². The van der Waals surface area contributed by atoms with Crippen molar-refractivity contribution < 1.29 is 19.1 Å². The Kier molecular flexibility index (Phi) is 7.35. The fraction of sp³-hybridized carbons (Fsp3) is 0.520. The molecule has 1 atom stereocenters. The van der Waals surface area contributed by atoms with Gasteiger partial charge in [0.25, 0.3) is 11.8 Å². The quantitative estimate of drug-likeness (QED) is 0.571. The summed E-state index contributed by atoms with van der Waals surface area (Å²) in [6, 6.07) is 6.50. The summed E-state index contributed by atoms with van der Waals surface area (Å²) in [5.41, 5.74) is -0.341. The molecule has 1 unspecified atom stereocenters. The molecule has 0 spiro atoms. The van der Waals surface area contributed by atoms with Crippen molar-refractivity contribution in [2.75, 3.05) is 19.0 Å². The van der Waals surface area contributed by atoms with Crippen LogP contribution in [-0.2, 0) is 11.3 Å². The number of carbonyl (C=O) groups is 3. The van der Waals surface area contributed by atoms with Crippen molar-refractivity contribution in [1.29, 1.82) is 0 Å². The SMILES string of the molecule is CCCCN1C(=O)c2cc(C(=O)Nc3cc(Cl)ccc3OC)nn2CC1(C)C(=O)NC1CCCC1. The number of fused-ring (bicyclic) bond motifs is 1. The second-order valence-corrected chi connectivity index (χ2v) is 9.85. The van der Waals surface area contributed by atoms with Crippen molar-refractivity contribution in [3.63, 3.8) is 0 Å². The van der Waals surface area contributed by atoms with Crippen LogP contribution in [0.5, 0.6) is 5.75 Å². The van der Waals surface area contributed by atoms with Crippen LogP contribution in [0.2, 0.25) is 5.02 Å². The second kappa shape index (κ2) is 10.3. The molecule has 0 bridgehead atoms. The monoisotopic (exact) mass is 501 g/mol. The molecule has 9 nitrogen and oxygen atoms in total. The minimum atomic E-state index is -1.10. The Morgan fingerprint density at radius 2 is 2.00 bits per heavy atom. The summed E-state index contributed by atoms with van der Waals surface area (Å²) in [5.74, 6) is -0.535. The van der Waals surface area contributed by atoms with Gasteiger partial charge in [-0.3, -0.25) is 19.1 Å². The number of unbranched alkanes of at least 4 members (excludes halogenated alkanes) is 1. The van der Waals surface area contributed by atoms with E-state index in [2.05, 4.69) is 15.7 Å². The Bertz CT molecular complexity index is 1130. The van der Waals surface area contributed by atoms with Gasteiger partial charge >= 0.3 is 0 Å². The maximum atomic E-state index is 13.5. The van der Waals surface area contributed by atoms with E-state index in [1.54, 1.807) is 30.0 Å². The smallest absolute Gasteiger partial charge is 0.276 e. The number of benzene rings is 1. The minimum Gasteiger partial charge on any atom is -0.495 e. The zero-order valence-electron chi connectivity index (χ0n) is 20.4. The molecule has 1 aliphatic carbocycles. The van der Waals surface area contributed by atoms with E-state index >= 15 is 0 Å². The lowest BCUT2D eigenvalue weighted by Crippen LogP contribution is -2.65.